The molecule has 0 fully saturated rings. The molecule has 2 rings (SSSR count). The molecule has 0 radical (unpaired) electrons. The van der Waals surface area contributed by atoms with Crippen molar-refractivity contribution in [1.29, 1.82) is 0 Å². The number of hydrazine groups is 2. The fourth-order valence-corrected chi connectivity index (χ4v) is 3.02. The van der Waals surface area contributed by atoms with Crippen molar-refractivity contribution in [2.24, 2.45) is 5.84 Å². The highest BCUT2D eigenvalue weighted by atomic mass is 32.3. The molecule has 0 saturated carbocycles. The van der Waals surface area contributed by atoms with E-state index in [-0.39, 0.29) is 16.1 Å². The highest BCUT2D eigenvalue weighted by molar-refractivity contribution is 7.97. The van der Waals surface area contributed by atoms with Crippen LogP contribution in [0.5, 0.6) is 11.5 Å². The van der Waals surface area contributed by atoms with Gasteiger partial charge in [0.25, 0.3) is 0 Å². The van der Waals surface area contributed by atoms with E-state index in [0.717, 1.165) is 0 Å². The van der Waals surface area contributed by atoms with Crippen LogP contribution in [0.3, 0.4) is 0 Å². The van der Waals surface area contributed by atoms with Crippen LogP contribution in [0.4, 0.5) is 0 Å². The molecule has 0 unspecified atom stereocenters. The van der Waals surface area contributed by atoms with Crippen molar-refractivity contribution < 1.29 is 30.1 Å². The maximum Gasteiger partial charge on any atom is 0.402 e. The smallest absolute Gasteiger partial charge is 0.390 e. The summed E-state index contributed by atoms with van der Waals surface area (Å²) in [7, 11) is -9.79. The first-order chi connectivity index (χ1) is 11.8. The summed E-state index contributed by atoms with van der Waals surface area (Å²) in [4.78, 5) is 11.3. The summed E-state index contributed by atoms with van der Waals surface area (Å²) in [5, 5.41) is 0. The summed E-state index contributed by atoms with van der Waals surface area (Å²) in [5.41, 5.74) is 1.94. The second kappa shape index (κ2) is 8.21. The van der Waals surface area contributed by atoms with Crippen molar-refractivity contribution >= 4 is 20.6 Å². The third-order valence-electron chi connectivity index (χ3n) is 2.44. The number of para-hydroxylation sites is 2. The van der Waals surface area contributed by atoms with Gasteiger partial charge in [0.1, 0.15) is 5.75 Å². The molecular weight excluding hydrogens is 376 g/mol. The minimum Gasteiger partial charge on any atom is -0.390 e. The van der Waals surface area contributed by atoms with Crippen molar-refractivity contribution in [2.75, 3.05) is 0 Å². The van der Waals surface area contributed by atoms with Crippen LogP contribution in [-0.4, -0.2) is 21.4 Å². The van der Waals surface area contributed by atoms with E-state index in [9.17, 15) is 16.8 Å². The van der Waals surface area contributed by atoms with Gasteiger partial charge in [0.15, 0.2) is 5.75 Å². The molecule has 4 N–H and O–H groups in total. The molecular formula is C12H14N4O7S2. The molecule has 136 valence electrons. The van der Waals surface area contributed by atoms with Crippen molar-refractivity contribution in [3.63, 3.8) is 0 Å². The summed E-state index contributed by atoms with van der Waals surface area (Å²) >= 11 is 0. The van der Waals surface area contributed by atoms with Gasteiger partial charge in [-0.05, 0) is 29.9 Å². The van der Waals surface area contributed by atoms with Gasteiger partial charge < -0.3 is 9.68 Å². The Morgan fingerprint density at radius 1 is 0.840 bits per heavy atom. The zero-order chi connectivity index (χ0) is 18.3. The van der Waals surface area contributed by atoms with Crippen LogP contribution in [0.25, 0.3) is 0 Å². The molecule has 0 aliphatic heterocycles. The first-order valence-corrected chi connectivity index (χ1v) is 9.29. The van der Waals surface area contributed by atoms with Gasteiger partial charge >= 0.3 is 20.6 Å². The topological polar surface area (TPSA) is 149 Å². The third-order valence-corrected chi connectivity index (χ3v) is 4.68. The molecule has 0 aromatic heterocycles. The minimum absolute atomic E-state index is 0.0236. The molecule has 0 bridgehead atoms. The lowest BCUT2D eigenvalue weighted by molar-refractivity contribution is -0.109. The average Bonchev–Trinajstić information content (AvgIpc) is 2.59. The Morgan fingerprint density at radius 3 is 1.88 bits per heavy atom. The predicted octanol–water partition coefficient (Wildman–Crippen LogP) is -0.249. The van der Waals surface area contributed by atoms with Crippen LogP contribution in [0.2, 0.25) is 0 Å². The quantitative estimate of drug-likeness (QED) is 0.389. The molecule has 0 amide bonds. The van der Waals surface area contributed by atoms with Crippen LogP contribution >= 0.6 is 0 Å². The Morgan fingerprint density at radius 2 is 1.36 bits per heavy atom. The molecule has 2 aromatic rings. The van der Waals surface area contributed by atoms with E-state index in [0.29, 0.717) is 0 Å². The Bertz CT molecular complexity index is 876. The number of nitrogens with zero attached hydrogens (tertiary/aromatic N) is 1. The summed E-state index contributed by atoms with van der Waals surface area (Å²) in [6, 6.07) is 15.6. The standard InChI is InChI=1S/C12H14N4O7S2/c13-14-24(17,18)23-25(19,20)16(22-12-9-5-2-6-10-12)15-21-11-7-3-1-4-8-11/h1-10,14-15H,13H2. The number of nitrogens with one attached hydrogen (secondary N) is 2. The molecule has 11 nitrogen and oxygen atoms in total. The van der Waals surface area contributed by atoms with E-state index >= 15 is 0 Å². The molecule has 0 aliphatic rings. The number of nitrogens with two attached hydrogens (primary N) is 1. The Hall–Kier alpha value is -2.26. The van der Waals surface area contributed by atoms with Crippen molar-refractivity contribution in [3.05, 3.63) is 60.7 Å². The van der Waals surface area contributed by atoms with E-state index in [4.69, 9.17) is 15.5 Å². The summed E-state index contributed by atoms with van der Waals surface area (Å²) in [6.45, 7) is 0. The zero-order valence-electron chi connectivity index (χ0n) is 12.5. The number of hydrogen-bond acceptors (Lipinski definition) is 9. The lowest BCUT2D eigenvalue weighted by Gasteiger charge is -2.20. The maximum atomic E-state index is 12.1. The van der Waals surface area contributed by atoms with Crippen LogP contribution in [0.15, 0.2) is 60.7 Å². The van der Waals surface area contributed by atoms with E-state index in [1.807, 2.05) is 5.59 Å². The fraction of sp³-hybridized carbons (Fsp3) is 0. The van der Waals surface area contributed by atoms with Gasteiger partial charge in [0.2, 0.25) is 0 Å². The largest absolute Gasteiger partial charge is 0.402 e. The van der Waals surface area contributed by atoms with Crippen LogP contribution in [0.1, 0.15) is 0 Å². The van der Waals surface area contributed by atoms with Gasteiger partial charge in [-0.2, -0.15) is 16.8 Å². The lowest BCUT2D eigenvalue weighted by Crippen LogP contribution is -2.49. The Kier molecular flexibility index (Phi) is 6.27. The van der Waals surface area contributed by atoms with Gasteiger partial charge in [-0.15, -0.1) is 8.46 Å². The summed E-state index contributed by atoms with van der Waals surface area (Å²) in [6.07, 6.45) is 0. The van der Waals surface area contributed by atoms with Crippen LogP contribution < -0.4 is 25.9 Å². The number of benzene rings is 2. The molecule has 0 atom stereocenters. The van der Waals surface area contributed by atoms with Gasteiger partial charge in [0, 0.05) is 0 Å². The second-order valence-corrected chi connectivity index (χ2v) is 7.11. The van der Waals surface area contributed by atoms with Gasteiger partial charge in [-0.3, -0.25) is 5.84 Å². The van der Waals surface area contributed by atoms with Crippen molar-refractivity contribution in [2.45, 2.75) is 0 Å². The minimum atomic E-state index is -5.02. The van der Waals surface area contributed by atoms with E-state index in [2.05, 4.69) is 3.63 Å². The Balaban J connectivity index is 2.21. The highest BCUT2D eigenvalue weighted by Crippen LogP contribution is 2.14. The molecule has 25 heavy (non-hydrogen) atoms. The summed E-state index contributed by atoms with van der Waals surface area (Å²) < 4.78 is 50.6. The molecule has 0 spiro atoms. The molecule has 0 aliphatic carbocycles. The summed E-state index contributed by atoms with van der Waals surface area (Å²) in [5.74, 6) is 4.97. The van der Waals surface area contributed by atoms with Crippen molar-refractivity contribution in [3.8, 4) is 11.5 Å². The SMILES string of the molecule is NNS(=O)(=O)OS(=O)(=O)N(NOc1ccccc1)Oc1ccccc1. The maximum absolute atomic E-state index is 12.1. The average molecular weight is 390 g/mol. The van der Waals surface area contributed by atoms with Gasteiger partial charge in [0.05, 0.1) is 4.58 Å². The monoisotopic (exact) mass is 390 g/mol. The molecule has 0 saturated heterocycles. The normalized spacial score (nSPS) is 12.1. The highest BCUT2D eigenvalue weighted by Gasteiger charge is 2.33. The number of rotatable bonds is 9. The first kappa shape index (κ1) is 19.1. The molecule has 2 aromatic carbocycles. The van der Waals surface area contributed by atoms with Gasteiger partial charge in [-0.1, -0.05) is 36.4 Å². The Labute approximate surface area is 144 Å². The van der Waals surface area contributed by atoms with Crippen molar-refractivity contribution in [1.82, 2.24) is 15.0 Å². The van der Waals surface area contributed by atoms with Gasteiger partial charge in [-0.25, -0.2) is 0 Å². The van der Waals surface area contributed by atoms with Crippen LogP contribution in [0, 0.1) is 0 Å². The van der Waals surface area contributed by atoms with E-state index < -0.39 is 20.6 Å². The predicted molar refractivity (Wildman–Crippen MR) is 85.4 cm³/mol. The van der Waals surface area contributed by atoms with E-state index in [1.54, 1.807) is 36.4 Å². The van der Waals surface area contributed by atoms with E-state index in [1.165, 1.54) is 29.1 Å². The zero-order valence-corrected chi connectivity index (χ0v) is 14.1. The molecule has 0 heterocycles. The third kappa shape index (κ3) is 5.95. The molecule has 13 heteroatoms. The van der Waals surface area contributed by atoms with Crippen LogP contribution in [-0.2, 0) is 24.2 Å². The second-order valence-electron chi connectivity index (χ2n) is 4.24. The number of hydrogen-bond donors (Lipinski definition) is 3. The fourth-order valence-electron chi connectivity index (χ4n) is 1.43. The lowest BCUT2D eigenvalue weighted by atomic mass is 10.3. The first-order valence-electron chi connectivity index (χ1n) is 6.52.